The molecule has 166 valence electrons. The van der Waals surface area contributed by atoms with Crippen molar-refractivity contribution in [2.75, 3.05) is 6.61 Å². The number of ether oxygens (including phenoxy) is 2. The van der Waals surface area contributed by atoms with Crippen molar-refractivity contribution < 1.29 is 45.4 Å². The molecule has 0 aromatic heterocycles. The molecule has 0 saturated carbocycles. The molecule has 28 heavy (non-hydrogen) atoms. The summed E-state index contributed by atoms with van der Waals surface area (Å²) >= 11 is 0. The van der Waals surface area contributed by atoms with Crippen LogP contribution in [-0.4, -0.2) is 37.0 Å². The monoisotopic (exact) mass is 422 g/mol. The molecule has 0 aliphatic carbocycles. The summed E-state index contributed by atoms with van der Waals surface area (Å²) < 4.78 is 82.7. The van der Waals surface area contributed by atoms with Crippen LogP contribution in [0.3, 0.4) is 0 Å². The van der Waals surface area contributed by atoms with Crippen LogP contribution in [0.5, 0.6) is 0 Å². The molecule has 0 heterocycles. The summed E-state index contributed by atoms with van der Waals surface area (Å²) in [5, 5.41) is 0. The van der Waals surface area contributed by atoms with Gasteiger partial charge in [0.1, 0.15) is 6.61 Å². The van der Waals surface area contributed by atoms with Crippen LogP contribution in [0.25, 0.3) is 0 Å². The van der Waals surface area contributed by atoms with Crippen LogP contribution in [0, 0.1) is 16.7 Å². The lowest BCUT2D eigenvalue weighted by Crippen LogP contribution is -2.45. The number of hydrogen-bond donors (Lipinski definition) is 0. The van der Waals surface area contributed by atoms with E-state index in [1.54, 1.807) is 0 Å². The van der Waals surface area contributed by atoms with E-state index < -0.39 is 54.8 Å². The molecule has 1 atom stereocenters. The Morgan fingerprint density at radius 2 is 1.36 bits per heavy atom. The van der Waals surface area contributed by atoms with E-state index in [1.807, 2.05) is 41.5 Å². The minimum absolute atomic E-state index is 0.178. The third-order valence-electron chi connectivity index (χ3n) is 4.44. The molecule has 0 aromatic carbocycles. The second-order valence-electron chi connectivity index (χ2n) is 8.51. The first-order valence-electron chi connectivity index (χ1n) is 8.81. The van der Waals surface area contributed by atoms with E-state index in [9.17, 15) is 35.9 Å². The lowest BCUT2D eigenvalue weighted by molar-refractivity contribution is -0.313. The number of esters is 2. The largest absolute Gasteiger partial charge is 0.465 e. The topological polar surface area (TPSA) is 52.6 Å². The lowest BCUT2D eigenvalue weighted by Gasteiger charge is -2.35. The molecule has 0 rings (SSSR count). The second kappa shape index (κ2) is 9.35. The Hall–Kier alpha value is -1.48. The van der Waals surface area contributed by atoms with Crippen molar-refractivity contribution >= 4 is 11.9 Å². The zero-order chi connectivity index (χ0) is 22.6. The maximum absolute atomic E-state index is 12.4. The Kier molecular flexibility index (Phi) is 8.85. The fraction of sp³-hybridized carbons (Fsp3) is 0.889. The van der Waals surface area contributed by atoms with Crippen LogP contribution in [0.2, 0.25) is 0 Å². The van der Waals surface area contributed by atoms with E-state index in [2.05, 4.69) is 4.74 Å². The van der Waals surface area contributed by atoms with Gasteiger partial charge in [0.25, 0.3) is 6.10 Å². The number of rotatable bonds is 8. The number of halogens is 6. The summed E-state index contributed by atoms with van der Waals surface area (Å²) in [6.45, 7) is 10.7. The zero-order valence-corrected chi connectivity index (χ0v) is 16.9. The van der Waals surface area contributed by atoms with Gasteiger partial charge in [-0.1, -0.05) is 48.0 Å². The number of carbonyl (C=O) groups excluding carboxylic acids is 2. The predicted molar refractivity (Wildman–Crippen MR) is 89.2 cm³/mol. The molecule has 4 nitrogen and oxygen atoms in total. The van der Waals surface area contributed by atoms with Gasteiger partial charge in [0.2, 0.25) is 0 Å². The van der Waals surface area contributed by atoms with E-state index >= 15 is 0 Å². The Morgan fingerprint density at radius 3 is 1.71 bits per heavy atom. The van der Waals surface area contributed by atoms with Crippen molar-refractivity contribution in [2.24, 2.45) is 16.7 Å². The highest BCUT2D eigenvalue weighted by atomic mass is 19.4. The molecular weight excluding hydrogens is 394 g/mol. The third kappa shape index (κ3) is 9.14. The van der Waals surface area contributed by atoms with Gasteiger partial charge >= 0.3 is 24.3 Å². The van der Waals surface area contributed by atoms with E-state index in [-0.39, 0.29) is 5.41 Å². The highest BCUT2D eigenvalue weighted by Crippen LogP contribution is 2.39. The molecule has 0 amide bonds. The zero-order valence-electron chi connectivity index (χ0n) is 16.9. The predicted octanol–water partition coefficient (Wildman–Crippen LogP) is 5.44. The third-order valence-corrected chi connectivity index (χ3v) is 4.44. The average Bonchev–Trinajstić information content (AvgIpc) is 2.47. The van der Waals surface area contributed by atoms with E-state index in [0.717, 1.165) is 6.42 Å². The molecule has 0 bridgehead atoms. The molecule has 0 aliphatic rings. The Balaban J connectivity index is 4.87. The van der Waals surface area contributed by atoms with Gasteiger partial charge in [0, 0.05) is 0 Å². The SMILES string of the molecule is CCC(C)(C)CC(C(=O)OCCC(=O)OC(C(F)(F)F)C(F)(F)F)C(C)(C)C. The second-order valence-corrected chi connectivity index (χ2v) is 8.51. The van der Waals surface area contributed by atoms with Gasteiger partial charge in [0.15, 0.2) is 0 Å². The Labute approximate surface area is 160 Å². The summed E-state index contributed by atoms with van der Waals surface area (Å²) in [5.41, 5.74) is -0.662. The van der Waals surface area contributed by atoms with Gasteiger partial charge < -0.3 is 9.47 Å². The molecule has 0 radical (unpaired) electrons. The van der Waals surface area contributed by atoms with Crippen LogP contribution in [0.15, 0.2) is 0 Å². The van der Waals surface area contributed by atoms with Crippen molar-refractivity contribution in [3.8, 4) is 0 Å². The molecule has 0 spiro atoms. The fourth-order valence-corrected chi connectivity index (χ4v) is 2.29. The highest BCUT2D eigenvalue weighted by molar-refractivity contribution is 5.74. The van der Waals surface area contributed by atoms with Crippen LogP contribution in [0.4, 0.5) is 26.3 Å². The number of alkyl halides is 6. The van der Waals surface area contributed by atoms with Gasteiger partial charge in [-0.25, -0.2) is 0 Å². The summed E-state index contributed by atoms with van der Waals surface area (Å²) in [6, 6.07) is 0. The molecule has 1 unspecified atom stereocenters. The van der Waals surface area contributed by atoms with E-state index in [1.165, 1.54) is 0 Å². The first-order valence-corrected chi connectivity index (χ1v) is 8.81. The van der Waals surface area contributed by atoms with Crippen molar-refractivity contribution in [2.45, 2.75) is 79.3 Å². The lowest BCUT2D eigenvalue weighted by atomic mass is 9.70. The van der Waals surface area contributed by atoms with Gasteiger partial charge in [0.05, 0.1) is 12.3 Å². The maximum atomic E-state index is 12.4. The van der Waals surface area contributed by atoms with Crippen molar-refractivity contribution in [3.05, 3.63) is 0 Å². The first-order chi connectivity index (χ1) is 12.3. The van der Waals surface area contributed by atoms with E-state index in [0.29, 0.717) is 6.42 Å². The van der Waals surface area contributed by atoms with Gasteiger partial charge in [-0.3, -0.25) is 9.59 Å². The molecule has 10 heteroatoms. The van der Waals surface area contributed by atoms with Gasteiger partial charge in [-0.15, -0.1) is 0 Å². The van der Waals surface area contributed by atoms with Crippen molar-refractivity contribution in [1.29, 1.82) is 0 Å². The van der Waals surface area contributed by atoms with Crippen LogP contribution >= 0.6 is 0 Å². The number of hydrogen-bond acceptors (Lipinski definition) is 4. The summed E-state index contributed by atoms with van der Waals surface area (Å²) in [5.74, 6) is -2.98. The molecule has 0 saturated heterocycles. The smallest absolute Gasteiger partial charge is 0.434 e. The maximum Gasteiger partial charge on any atom is 0.434 e. The fourth-order valence-electron chi connectivity index (χ4n) is 2.29. The molecule has 0 aromatic rings. The van der Waals surface area contributed by atoms with Crippen molar-refractivity contribution in [1.82, 2.24) is 0 Å². The first kappa shape index (κ1) is 26.5. The molecule has 0 N–H and O–H groups in total. The minimum Gasteiger partial charge on any atom is -0.465 e. The summed E-state index contributed by atoms with van der Waals surface area (Å²) in [4.78, 5) is 23.7. The molecule has 0 fully saturated rings. The van der Waals surface area contributed by atoms with Gasteiger partial charge in [-0.05, 0) is 17.3 Å². The minimum atomic E-state index is -5.78. The average molecular weight is 422 g/mol. The quantitative estimate of drug-likeness (QED) is 0.386. The standard InChI is InChI=1S/C18H28F6O4/c1-7-16(5,6)10-11(15(2,3)4)13(26)27-9-8-12(25)28-14(17(19,20)21)18(22,23)24/h11,14H,7-10H2,1-6H3. The number of carbonyl (C=O) groups is 2. The summed E-state index contributed by atoms with van der Waals surface area (Å²) in [6.07, 6.45) is -15.4. The van der Waals surface area contributed by atoms with Crippen LogP contribution in [0.1, 0.15) is 60.8 Å². The summed E-state index contributed by atoms with van der Waals surface area (Å²) in [7, 11) is 0. The Bertz CT molecular complexity index is 518. The van der Waals surface area contributed by atoms with E-state index in [4.69, 9.17) is 4.74 Å². The normalized spacial score (nSPS) is 14.8. The van der Waals surface area contributed by atoms with Crippen LogP contribution < -0.4 is 0 Å². The van der Waals surface area contributed by atoms with Gasteiger partial charge in [-0.2, -0.15) is 26.3 Å². The highest BCUT2D eigenvalue weighted by Gasteiger charge is 2.59. The Morgan fingerprint density at radius 1 is 0.893 bits per heavy atom. The molecular formula is C18H28F6O4. The molecule has 0 aliphatic heterocycles. The van der Waals surface area contributed by atoms with Crippen LogP contribution in [-0.2, 0) is 19.1 Å². The van der Waals surface area contributed by atoms with Crippen molar-refractivity contribution in [3.63, 3.8) is 0 Å².